The number of hydrogen-bond acceptors (Lipinski definition) is 2. The molecule has 20 heavy (non-hydrogen) atoms. The zero-order valence-electron chi connectivity index (χ0n) is 11.7. The second-order valence-electron chi connectivity index (χ2n) is 5.15. The Morgan fingerprint density at radius 1 is 1.55 bits per heavy atom. The van der Waals surface area contributed by atoms with Crippen LogP contribution in [0.4, 0.5) is 4.39 Å². The Morgan fingerprint density at radius 3 is 2.80 bits per heavy atom. The Balaban J connectivity index is 2.17. The highest BCUT2D eigenvalue weighted by Crippen LogP contribution is 2.35. The van der Waals surface area contributed by atoms with E-state index >= 15 is 0 Å². The lowest BCUT2D eigenvalue weighted by Crippen LogP contribution is -2.36. The number of carbonyl (C=O) groups excluding carboxylic acids is 1. The van der Waals surface area contributed by atoms with Gasteiger partial charge in [-0.25, -0.2) is 4.39 Å². The second kappa shape index (κ2) is 6.06. The van der Waals surface area contributed by atoms with Gasteiger partial charge >= 0.3 is 0 Å². The minimum atomic E-state index is -0.574. The lowest BCUT2D eigenvalue weighted by Gasteiger charge is -2.25. The third-order valence-electron chi connectivity index (χ3n) is 3.75. The van der Waals surface area contributed by atoms with Crippen LogP contribution >= 0.6 is 0 Å². The fraction of sp³-hybridized carbons (Fsp3) is 0.438. The molecule has 1 aliphatic carbocycles. The van der Waals surface area contributed by atoms with Crippen molar-refractivity contribution in [2.75, 3.05) is 13.7 Å². The van der Waals surface area contributed by atoms with Gasteiger partial charge in [-0.3, -0.25) is 4.79 Å². The molecule has 2 rings (SSSR count). The van der Waals surface area contributed by atoms with Gasteiger partial charge in [0.15, 0.2) is 0 Å². The Morgan fingerprint density at radius 2 is 2.25 bits per heavy atom. The monoisotopic (exact) mass is 275 g/mol. The molecule has 0 spiro atoms. The molecule has 1 aromatic carbocycles. The summed E-state index contributed by atoms with van der Waals surface area (Å²) < 4.78 is 14.0. The van der Waals surface area contributed by atoms with Crippen molar-refractivity contribution < 1.29 is 14.3 Å². The van der Waals surface area contributed by atoms with E-state index in [1.807, 2.05) is 6.92 Å². The van der Waals surface area contributed by atoms with Crippen LogP contribution in [0.5, 0.6) is 0 Å². The van der Waals surface area contributed by atoms with E-state index in [9.17, 15) is 9.18 Å². The molecule has 3 nitrogen and oxygen atoms in total. The van der Waals surface area contributed by atoms with Gasteiger partial charge in [0.25, 0.3) is 5.91 Å². The van der Waals surface area contributed by atoms with E-state index in [4.69, 9.17) is 5.11 Å². The summed E-state index contributed by atoms with van der Waals surface area (Å²) in [5.41, 5.74) is 0.514. The van der Waals surface area contributed by atoms with Crippen LogP contribution in [0.15, 0.2) is 18.2 Å². The van der Waals surface area contributed by atoms with Crippen molar-refractivity contribution in [3.05, 3.63) is 35.1 Å². The summed E-state index contributed by atoms with van der Waals surface area (Å²) in [6, 6.07) is 4.41. The predicted octanol–water partition coefficient (Wildman–Crippen LogP) is 2.04. The zero-order chi connectivity index (χ0) is 14.7. The average Bonchev–Trinajstić information content (AvgIpc) is 3.27. The predicted molar refractivity (Wildman–Crippen MR) is 74.6 cm³/mol. The number of aliphatic hydroxyl groups excluding tert-OH is 1. The normalized spacial score (nSPS) is 15.2. The summed E-state index contributed by atoms with van der Waals surface area (Å²) in [5, 5.41) is 8.60. The molecule has 0 radical (unpaired) electrons. The number of rotatable bonds is 3. The molecule has 0 aromatic heterocycles. The van der Waals surface area contributed by atoms with Crippen LogP contribution in [0, 0.1) is 23.6 Å². The maximum atomic E-state index is 14.0. The SMILES string of the molecule is CC(C1CC1)N(C)C(=O)c1ccc(C#CCO)cc1F. The maximum Gasteiger partial charge on any atom is 0.256 e. The third kappa shape index (κ3) is 3.17. The largest absolute Gasteiger partial charge is 0.384 e. The number of carbonyl (C=O) groups is 1. The van der Waals surface area contributed by atoms with Crippen LogP contribution in [0.25, 0.3) is 0 Å². The Bertz CT molecular complexity index is 570. The Kier molecular flexibility index (Phi) is 4.41. The summed E-state index contributed by atoms with van der Waals surface area (Å²) in [4.78, 5) is 13.9. The first kappa shape index (κ1) is 14.5. The zero-order valence-corrected chi connectivity index (χ0v) is 11.7. The number of benzene rings is 1. The van der Waals surface area contributed by atoms with E-state index in [0.29, 0.717) is 11.5 Å². The van der Waals surface area contributed by atoms with Gasteiger partial charge in [-0.2, -0.15) is 0 Å². The molecule has 106 valence electrons. The fourth-order valence-electron chi connectivity index (χ4n) is 2.18. The van der Waals surface area contributed by atoms with Gasteiger partial charge in [0.1, 0.15) is 12.4 Å². The Hall–Kier alpha value is -1.86. The van der Waals surface area contributed by atoms with Crippen LogP contribution in [0.1, 0.15) is 35.7 Å². The first-order valence-corrected chi connectivity index (χ1v) is 6.71. The van der Waals surface area contributed by atoms with Gasteiger partial charge in [-0.05, 0) is 43.9 Å². The van der Waals surface area contributed by atoms with Gasteiger partial charge in [0, 0.05) is 18.7 Å². The number of aliphatic hydroxyl groups is 1. The van der Waals surface area contributed by atoms with Crippen LogP contribution in [-0.4, -0.2) is 35.6 Å². The van der Waals surface area contributed by atoms with E-state index in [0.717, 1.165) is 12.8 Å². The standard InChI is InChI=1S/C16H18FNO2/c1-11(13-6-7-13)18(2)16(20)14-8-5-12(4-3-9-19)10-15(14)17/h5,8,10-11,13,19H,6-7,9H2,1-2H3. The van der Waals surface area contributed by atoms with Crippen LogP contribution in [0.2, 0.25) is 0 Å². The number of hydrogen-bond donors (Lipinski definition) is 1. The molecule has 1 saturated carbocycles. The smallest absolute Gasteiger partial charge is 0.256 e. The van der Waals surface area contributed by atoms with E-state index < -0.39 is 5.82 Å². The quantitative estimate of drug-likeness (QED) is 0.858. The maximum absolute atomic E-state index is 14.0. The minimum absolute atomic E-state index is 0.0644. The average molecular weight is 275 g/mol. The van der Waals surface area contributed by atoms with Gasteiger partial charge < -0.3 is 10.0 Å². The van der Waals surface area contributed by atoms with Gasteiger partial charge in [0.05, 0.1) is 5.56 Å². The highest BCUT2D eigenvalue weighted by molar-refractivity contribution is 5.94. The lowest BCUT2D eigenvalue weighted by molar-refractivity contribution is 0.0722. The van der Waals surface area contributed by atoms with Crippen molar-refractivity contribution in [1.82, 2.24) is 4.90 Å². The summed E-state index contributed by atoms with van der Waals surface area (Å²) in [6.07, 6.45) is 2.27. The van der Waals surface area contributed by atoms with Gasteiger partial charge in [-0.15, -0.1) is 0 Å². The van der Waals surface area contributed by atoms with Crippen molar-refractivity contribution in [2.45, 2.75) is 25.8 Å². The van der Waals surface area contributed by atoms with E-state index in [2.05, 4.69) is 11.8 Å². The third-order valence-corrected chi connectivity index (χ3v) is 3.75. The fourth-order valence-corrected chi connectivity index (χ4v) is 2.18. The first-order valence-electron chi connectivity index (χ1n) is 6.71. The number of nitrogens with zero attached hydrogens (tertiary/aromatic N) is 1. The highest BCUT2D eigenvalue weighted by atomic mass is 19.1. The summed E-state index contributed by atoms with van der Waals surface area (Å²) in [7, 11) is 1.71. The van der Waals surface area contributed by atoms with Crippen molar-refractivity contribution in [2.24, 2.45) is 5.92 Å². The van der Waals surface area contributed by atoms with Crippen molar-refractivity contribution in [3.63, 3.8) is 0 Å². The van der Waals surface area contributed by atoms with Crippen LogP contribution < -0.4 is 0 Å². The summed E-state index contributed by atoms with van der Waals surface area (Å²) >= 11 is 0. The van der Waals surface area contributed by atoms with Gasteiger partial charge in [0.2, 0.25) is 0 Å². The molecule has 1 N–H and O–H groups in total. The minimum Gasteiger partial charge on any atom is -0.384 e. The summed E-state index contributed by atoms with van der Waals surface area (Å²) in [5.74, 6) is 4.73. The number of amides is 1. The lowest BCUT2D eigenvalue weighted by atomic mass is 10.1. The molecular weight excluding hydrogens is 257 g/mol. The molecule has 1 aliphatic rings. The van der Waals surface area contributed by atoms with E-state index in [-0.39, 0.29) is 24.1 Å². The molecule has 0 aliphatic heterocycles. The van der Waals surface area contributed by atoms with Gasteiger partial charge in [-0.1, -0.05) is 11.8 Å². The first-order chi connectivity index (χ1) is 9.54. The van der Waals surface area contributed by atoms with Crippen LogP contribution in [0.3, 0.4) is 0 Å². The molecule has 1 aromatic rings. The van der Waals surface area contributed by atoms with Crippen molar-refractivity contribution >= 4 is 5.91 Å². The molecular formula is C16H18FNO2. The molecule has 0 heterocycles. The summed E-state index contributed by atoms with van der Waals surface area (Å²) in [6.45, 7) is 1.72. The van der Waals surface area contributed by atoms with E-state index in [1.54, 1.807) is 18.0 Å². The molecule has 4 heteroatoms. The van der Waals surface area contributed by atoms with Crippen LogP contribution in [-0.2, 0) is 0 Å². The molecule has 0 saturated heterocycles. The topological polar surface area (TPSA) is 40.5 Å². The molecule has 1 unspecified atom stereocenters. The molecule has 1 fully saturated rings. The molecule has 1 atom stereocenters. The molecule has 0 bridgehead atoms. The molecule has 1 amide bonds. The Labute approximate surface area is 118 Å². The number of halogens is 1. The van der Waals surface area contributed by atoms with Crippen molar-refractivity contribution in [1.29, 1.82) is 0 Å². The van der Waals surface area contributed by atoms with E-state index in [1.165, 1.54) is 12.1 Å². The second-order valence-corrected chi connectivity index (χ2v) is 5.15. The highest BCUT2D eigenvalue weighted by Gasteiger charge is 2.33. The van der Waals surface area contributed by atoms with Crippen molar-refractivity contribution in [3.8, 4) is 11.8 Å².